The lowest BCUT2D eigenvalue weighted by molar-refractivity contribution is -0.140. The van der Waals surface area contributed by atoms with E-state index in [2.05, 4.69) is 39.4 Å². The first-order valence-electron chi connectivity index (χ1n) is 16.1. The van der Waals surface area contributed by atoms with Crippen LogP contribution in [0.5, 0.6) is 0 Å². The summed E-state index contributed by atoms with van der Waals surface area (Å²) in [6.45, 7) is 8.25. The van der Waals surface area contributed by atoms with Crippen molar-refractivity contribution in [3.8, 4) is 0 Å². The summed E-state index contributed by atoms with van der Waals surface area (Å²) in [4.78, 5) is 33.0. The topological polar surface area (TPSA) is 52.7 Å². The van der Waals surface area contributed by atoms with E-state index in [1.54, 1.807) is 6.07 Å². The molecular weight excluding hydrogens is 589 g/mol. The molecule has 0 bridgehead atoms. The number of halogens is 2. The highest BCUT2D eigenvalue weighted by Gasteiger charge is 2.62. The predicted octanol–water partition coefficient (Wildman–Crippen LogP) is 7.35. The van der Waals surface area contributed by atoms with E-state index in [0.717, 1.165) is 81.5 Å². The second kappa shape index (κ2) is 12.5. The van der Waals surface area contributed by atoms with E-state index in [1.807, 2.05) is 62.4 Å². The lowest BCUT2D eigenvalue weighted by Gasteiger charge is -2.44. The number of benzene rings is 3. The first kappa shape index (κ1) is 31.1. The second-order valence-electron chi connectivity index (χ2n) is 13.5. The third kappa shape index (κ3) is 5.91. The fourth-order valence-electron chi connectivity index (χ4n) is 7.62. The van der Waals surface area contributed by atoms with Crippen molar-refractivity contribution in [2.45, 2.75) is 68.7 Å². The third-order valence-electron chi connectivity index (χ3n) is 10.4. The largest absolute Gasteiger partial charge is 0.346 e. The quantitative estimate of drug-likeness (QED) is 0.283. The fourth-order valence-corrected chi connectivity index (χ4v) is 7.92. The number of amides is 2. The van der Waals surface area contributed by atoms with Crippen molar-refractivity contribution in [1.29, 1.82) is 0 Å². The molecule has 3 fully saturated rings. The van der Waals surface area contributed by atoms with Crippen molar-refractivity contribution in [2.75, 3.05) is 32.7 Å². The molecule has 3 aromatic carbocycles. The normalized spacial score (nSPS) is 23.6. The standard InChI is InChI=1S/C37H43Cl2N3O2/c1-35(2,27-12-6-3-7-13-27)40-33(43)37(29-16-17-31(38)32(39)24-29)25-30(37)26-41-22-18-36(19-23-41,28-14-8-4-9-15-28)34(44)42-20-10-5-11-21-42/h3-4,6-9,12-17,24,30H,5,10-11,18-23,25-26H2,1-2H3,(H,40,43)/t30-,37+/m0/s1. The molecule has 2 aliphatic heterocycles. The summed E-state index contributed by atoms with van der Waals surface area (Å²) in [7, 11) is 0. The van der Waals surface area contributed by atoms with E-state index < -0.39 is 16.4 Å². The van der Waals surface area contributed by atoms with Crippen LogP contribution in [0.4, 0.5) is 0 Å². The molecule has 3 aliphatic rings. The number of carbonyl (C=O) groups is 2. The number of piperidine rings is 2. The third-order valence-corrected chi connectivity index (χ3v) is 11.2. The molecular formula is C37H43Cl2N3O2. The SMILES string of the molecule is CC(C)(NC(=O)[C@@]1(c2ccc(Cl)c(Cl)c2)C[C@H]1CN1CCC(C(=O)N2CCCCC2)(c2ccccc2)CC1)c1ccccc1. The highest BCUT2D eigenvalue weighted by atomic mass is 35.5. The first-order chi connectivity index (χ1) is 21.2. The average Bonchev–Trinajstić information content (AvgIpc) is 3.78. The van der Waals surface area contributed by atoms with Crippen molar-refractivity contribution in [3.05, 3.63) is 106 Å². The van der Waals surface area contributed by atoms with Crippen molar-refractivity contribution in [2.24, 2.45) is 5.92 Å². The minimum Gasteiger partial charge on any atom is -0.346 e. The van der Waals surface area contributed by atoms with Gasteiger partial charge in [-0.15, -0.1) is 0 Å². The van der Waals surface area contributed by atoms with Crippen LogP contribution < -0.4 is 5.32 Å². The van der Waals surface area contributed by atoms with Crippen molar-refractivity contribution in [1.82, 2.24) is 15.1 Å². The van der Waals surface area contributed by atoms with Crippen LogP contribution in [-0.4, -0.2) is 54.3 Å². The van der Waals surface area contributed by atoms with Crippen LogP contribution >= 0.6 is 23.2 Å². The zero-order valence-electron chi connectivity index (χ0n) is 25.8. The lowest BCUT2D eigenvalue weighted by atomic mass is 9.71. The first-order valence-corrected chi connectivity index (χ1v) is 16.8. The van der Waals surface area contributed by atoms with Gasteiger partial charge in [-0.05, 0) is 100 Å². The summed E-state index contributed by atoms with van der Waals surface area (Å²) in [6, 6.07) is 26.1. The van der Waals surface area contributed by atoms with Crippen LogP contribution in [0.15, 0.2) is 78.9 Å². The van der Waals surface area contributed by atoms with Gasteiger partial charge in [0.2, 0.25) is 11.8 Å². The Bertz CT molecular complexity index is 1480. The van der Waals surface area contributed by atoms with E-state index >= 15 is 0 Å². The molecule has 0 spiro atoms. The Morgan fingerprint density at radius 1 is 0.818 bits per heavy atom. The van der Waals surface area contributed by atoms with Crippen molar-refractivity contribution < 1.29 is 9.59 Å². The number of nitrogens with one attached hydrogen (secondary N) is 1. The number of hydrogen-bond acceptors (Lipinski definition) is 3. The molecule has 2 amide bonds. The maximum Gasteiger partial charge on any atom is 0.233 e. The Hall–Kier alpha value is -2.86. The van der Waals surface area contributed by atoms with Crippen LogP contribution in [0, 0.1) is 5.92 Å². The molecule has 6 rings (SSSR count). The molecule has 232 valence electrons. The minimum absolute atomic E-state index is 0.0191. The molecule has 0 unspecified atom stereocenters. The van der Waals surface area contributed by atoms with Crippen molar-refractivity contribution >= 4 is 35.0 Å². The molecule has 1 aliphatic carbocycles. The van der Waals surface area contributed by atoms with Crippen LogP contribution in [0.1, 0.15) is 69.1 Å². The molecule has 2 heterocycles. The monoisotopic (exact) mass is 631 g/mol. The maximum absolute atomic E-state index is 14.3. The molecule has 5 nitrogen and oxygen atoms in total. The number of nitrogens with zero attached hydrogens (tertiary/aromatic N) is 2. The fraction of sp³-hybridized carbons (Fsp3) is 0.459. The van der Waals surface area contributed by atoms with E-state index in [0.29, 0.717) is 16.0 Å². The maximum atomic E-state index is 14.3. The van der Waals surface area contributed by atoms with Gasteiger partial charge in [-0.25, -0.2) is 0 Å². The Labute approximate surface area is 271 Å². The smallest absolute Gasteiger partial charge is 0.233 e. The van der Waals surface area contributed by atoms with E-state index in [4.69, 9.17) is 23.2 Å². The Morgan fingerprint density at radius 3 is 2.09 bits per heavy atom. The highest BCUT2D eigenvalue weighted by Crippen LogP contribution is 2.56. The lowest BCUT2D eigenvalue weighted by Crippen LogP contribution is -2.54. The number of hydrogen-bond donors (Lipinski definition) is 1. The van der Waals surface area contributed by atoms with Gasteiger partial charge in [0, 0.05) is 19.6 Å². The second-order valence-corrected chi connectivity index (χ2v) is 14.4. The number of likely N-dealkylation sites (tertiary alicyclic amines) is 2. The average molecular weight is 633 g/mol. The van der Waals surface area contributed by atoms with Gasteiger partial charge < -0.3 is 15.1 Å². The molecule has 0 radical (unpaired) electrons. The Balaban J connectivity index is 1.21. The van der Waals surface area contributed by atoms with Crippen LogP contribution in [0.2, 0.25) is 10.0 Å². The van der Waals surface area contributed by atoms with E-state index in [-0.39, 0.29) is 11.8 Å². The van der Waals surface area contributed by atoms with Gasteiger partial charge in [0.25, 0.3) is 0 Å². The van der Waals surface area contributed by atoms with Gasteiger partial charge >= 0.3 is 0 Å². The molecule has 2 atom stereocenters. The number of rotatable bonds is 8. The van der Waals surface area contributed by atoms with Gasteiger partial charge in [0.15, 0.2) is 0 Å². The van der Waals surface area contributed by atoms with E-state index in [1.165, 1.54) is 6.42 Å². The molecule has 2 saturated heterocycles. The van der Waals surface area contributed by atoms with Crippen LogP contribution in [-0.2, 0) is 26.0 Å². The van der Waals surface area contributed by atoms with Gasteiger partial charge in [0.1, 0.15) is 0 Å². The van der Waals surface area contributed by atoms with Gasteiger partial charge in [-0.3, -0.25) is 9.59 Å². The Morgan fingerprint density at radius 2 is 1.45 bits per heavy atom. The summed E-state index contributed by atoms with van der Waals surface area (Å²) < 4.78 is 0. The van der Waals surface area contributed by atoms with Gasteiger partial charge in [-0.1, -0.05) is 89.9 Å². The molecule has 1 N–H and O–H groups in total. The molecule has 44 heavy (non-hydrogen) atoms. The summed E-state index contributed by atoms with van der Waals surface area (Å²) in [5, 5.41) is 4.33. The Kier molecular flexibility index (Phi) is 8.85. The molecule has 3 aromatic rings. The van der Waals surface area contributed by atoms with Crippen molar-refractivity contribution in [3.63, 3.8) is 0 Å². The summed E-state index contributed by atoms with van der Waals surface area (Å²) in [5.74, 6) is 0.446. The van der Waals surface area contributed by atoms with E-state index in [9.17, 15) is 9.59 Å². The summed E-state index contributed by atoms with van der Waals surface area (Å²) in [6.07, 6.45) is 5.69. The van der Waals surface area contributed by atoms with Gasteiger partial charge in [0.05, 0.1) is 26.4 Å². The molecule has 0 aromatic heterocycles. The van der Waals surface area contributed by atoms with Crippen LogP contribution in [0.25, 0.3) is 0 Å². The zero-order valence-corrected chi connectivity index (χ0v) is 27.3. The molecule has 1 saturated carbocycles. The molecule has 7 heteroatoms. The zero-order chi connectivity index (χ0) is 31.0. The van der Waals surface area contributed by atoms with Gasteiger partial charge in [-0.2, -0.15) is 0 Å². The summed E-state index contributed by atoms with van der Waals surface area (Å²) >= 11 is 12.8. The van der Waals surface area contributed by atoms with Crippen LogP contribution in [0.3, 0.4) is 0 Å². The summed E-state index contributed by atoms with van der Waals surface area (Å²) in [5.41, 5.74) is 1.39. The predicted molar refractivity (Wildman–Crippen MR) is 178 cm³/mol. The number of carbonyl (C=O) groups excluding carboxylic acids is 2. The minimum atomic E-state index is -0.683. The highest BCUT2D eigenvalue weighted by molar-refractivity contribution is 6.42.